The van der Waals surface area contributed by atoms with E-state index in [-0.39, 0.29) is 5.25 Å². The van der Waals surface area contributed by atoms with E-state index in [1.165, 1.54) is 4.31 Å². The minimum Gasteiger partial charge on any atom is -0.277 e. The first-order valence-electron chi connectivity index (χ1n) is 3.57. The van der Waals surface area contributed by atoms with Crippen molar-refractivity contribution in [2.75, 3.05) is 6.54 Å². The molecule has 0 radical (unpaired) electrons. The SMILES string of the molecule is O=S1(=O)C2C=CC=CN1CC2. The zero-order valence-corrected chi connectivity index (χ0v) is 6.79. The maximum Gasteiger partial charge on any atom is 0.241 e. The first-order chi connectivity index (χ1) is 5.21. The zero-order valence-electron chi connectivity index (χ0n) is 5.97. The van der Waals surface area contributed by atoms with Crippen molar-refractivity contribution in [3.8, 4) is 0 Å². The Morgan fingerprint density at radius 2 is 2.18 bits per heavy atom. The molecule has 0 spiro atoms. The van der Waals surface area contributed by atoms with Crippen molar-refractivity contribution < 1.29 is 8.42 Å². The molecule has 2 rings (SSSR count). The normalized spacial score (nSPS) is 32.4. The first-order valence-corrected chi connectivity index (χ1v) is 5.07. The van der Waals surface area contributed by atoms with Crippen molar-refractivity contribution >= 4 is 10.0 Å². The highest BCUT2D eigenvalue weighted by Gasteiger charge is 2.35. The Bertz CT molecular complexity index is 289. The molecule has 1 fully saturated rings. The molecule has 2 aliphatic rings. The standard InChI is InChI=1S/C7H9NO2S/c9-11(10)7-3-1-2-5-8(11)6-4-7/h1-3,5,7H,4,6H2. The van der Waals surface area contributed by atoms with Gasteiger partial charge in [-0.2, -0.15) is 0 Å². The summed E-state index contributed by atoms with van der Waals surface area (Å²) in [7, 11) is -3.01. The Labute approximate surface area is 66.1 Å². The molecule has 1 saturated heterocycles. The molecule has 2 heterocycles. The summed E-state index contributed by atoms with van der Waals surface area (Å²) in [4.78, 5) is 0. The summed E-state index contributed by atoms with van der Waals surface area (Å²) in [5, 5.41) is -0.280. The fourth-order valence-electron chi connectivity index (χ4n) is 1.39. The van der Waals surface area contributed by atoms with Gasteiger partial charge in [0.1, 0.15) is 5.25 Å². The third-order valence-electron chi connectivity index (χ3n) is 2.03. The van der Waals surface area contributed by atoms with E-state index < -0.39 is 10.0 Å². The number of rotatable bonds is 0. The Hall–Kier alpha value is -0.770. The first kappa shape index (κ1) is 6.91. The van der Waals surface area contributed by atoms with Gasteiger partial charge in [-0.15, -0.1) is 0 Å². The molecule has 3 nitrogen and oxygen atoms in total. The van der Waals surface area contributed by atoms with E-state index in [1.807, 2.05) is 0 Å². The van der Waals surface area contributed by atoms with Crippen LogP contribution in [0, 0.1) is 0 Å². The highest BCUT2D eigenvalue weighted by atomic mass is 32.2. The van der Waals surface area contributed by atoms with Crippen LogP contribution in [0.2, 0.25) is 0 Å². The average Bonchev–Trinajstić information content (AvgIpc) is 2.00. The Morgan fingerprint density at radius 1 is 1.36 bits per heavy atom. The van der Waals surface area contributed by atoms with Crippen molar-refractivity contribution in [2.45, 2.75) is 11.7 Å². The third kappa shape index (κ3) is 0.894. The van der Waals surface area contributed by atoms with Gasteiger partial charge in [0.2, 0.25) is 10.0 Å². The zero-order chi connectivity index (χ0) is 7.90. The monoisotopic (exact) mass is 171 g/mol. The van der Waals surface area contributed by atoms with Crippen molar-refractivity contribution in [3.05, 3.63) is 24.4 Å². The van der Waals surface area contributed by atoms with E-state index in [0.717, 1.165) is 6.42 Å². The molecule has 60 valence electrons. The van der Waals surface area contributed by atoms with Crippen LogP contribution in [0.3, 0.4) is 0 Å². The predicted octanol–water partition coefficient (Wildman–Crippen LogP) is 0.474. The van der Waals surface area contributed by atoms with Crippen molar-refractivity contribution in [1.82, 2.24) is 4.31 Å². The number of allylic oxidation sites excluding steroid dienone is 2. The molecule has 0 N–H and O–H groups in total. The molecule has 0 aromatic rings. The van der Waals surface area contributed by atoms with Crippen LogP contribution in [0.15, 0.2) is 24.4 Å². The van der Waals surface area contributed by atoms with E-state index in [4.69, 9.17) is 0 Å². The number of hydrogen-bond acceptors (Lipinski definition) is 2. The quantitative estimate of drug-likeness (QED) is 0.531. The molecule has 0 aliphatic carbocycles. The van der Waals surface area contributed by atoms with Gasteiger partial charge in [-0.25, -0.2) is 8.42 Å². The number of nitrogens with zero attached hydrogens (tertiary/aromatic N) is 1. The summed E-state index contributed by atoms with van der Waals surface area (Å²) in [6, 6.07) is 0. The predicted molar refractivity (Wildman–Crippen MR) is 42.3 cm³/mol. The maximum atomic E-state index is 11.4. The summed E-state index contributed by atoms with van der Waals surface area (Å²) < 4.78 is 24.3. The van der Waals surface area contributed by atoms with Gasteiger partial charge in [0, 0.05) is 12.7 Å². The molecule has 0 aromatic carbocycles. The van der Waals surface area contributed by atoms with E-state index in [1.54, 1.807) is 24.4 Å². The Morgan fingerprint density at radius 3 is 3.00 bits per heavy atom. The van der Waals surface area contributed by atoms with Gasteiger partial charge in [-0.3, -0.25) is 4.31 Å². The smallest absolute Gasteiger partial charge is 0.241 e. The minimum atomic E-state index is -3.01. The highest BCUT2D eigenvalue weighted by Crippen LogP contribution is 2.24. The van der Waals surface area contributed by atoms with Crippen LogP contribution in [0.1, 0.15) is 6.42 Å². The summed E-state index contributed by atoms with van der Waals surface area (Å²) in [6.45, 7) is 0.633. The second-order valence-corrected chi connectivity index (χ2v) is 4.81. The topological polar surface area (TPSA) is 37.4 Å². The number of hydrogen-bond donors (Lipinski definition) is 0. The highest BCUT2D eigenvalue weighted by molar-refractivity contribution is 7.90. The largest absolute Gasteiger partial charge is 0.277 e. The molecular formula is C7H9NO2S. The number of fused-ring (bicyclic) bond motifs is 2. The van der Waals surface area contributed by atoms with Crippen LogP contribution in [-0.2, 0) is 10.0 Å². The minimum absolute atomic E-state index is 0.280. The molecule has 1 atom stereocenters. The fourth-order valence-corrected chi connectivity index (χ4v) is 3.03. The van der Waals surface area contributed by atoms with Crippen molar-refractivity contribution in [3.63, 3.8) is 0 Å². The van der Waals surface area contributed by atoms with E-state index >= 15 is 0 Å². The molecule has 0 saturated carbocycles. The molecule has 2 aliphatic heterocycles. The maximum absolute atomic E-state index is 11.4. The molecule has 0 aromatic heterocycles. The lowest BCUT2D eigenvalue weighted by Crippen LogP contribution is -2.22. The fraction of sp³-hybridized carbons (Fsp3) is 0.429. The summed E-state index contributed by atoms with van der Waals surface area (Å²) >= 11 is 0. The summed E-state index contributed by atoms with van der Waals surface area (Å²) in [5.74, 6) is 0. The summed E-state index contributed by atoms with van der Waals surface area (Å²) in [5.41, 5.74) is 0. The van der Waals surface area contributed by atoms with Gasteiger partial charge >= 0.3 is 0 Å². The Balaban J connectivity index is 2.53. The van der Waals surface area contributed by atoms with E-state index in [2.05, 4.69) is 0 Å². The average molecular weight is 171 g/mol. The van der Waals surface area contributed by atoms with Gasteiger partial charge in [0.15, 0.2) is 0 Å². The second-order valence-electron chi connectivity index (χ2n) is 2.71. The Kier molecular flexibility index (Phi) is 1.32. The van der Waals surface area contributed by atoms with Crippen LogP contribution in [0.25, 0.3) is 0 Å². The lowest BCUT2D eigenvalue weighted by molar-refractivity contribution is 0.533. The molecule has 4 heteroatoms. The number of sulfonamides is 1. The van der Waals surface area contributed by atoms with Crippen LogP contribution in [-0.4, -0.2) is 24.5 Å². The van der Waals surface area contributed by atoms with E-state index in [0.29, 0.717) is 6.54 Å². The summed E-state index contributed by atoms with van der Waals surface area (Å²) in [6.07, 6.45) is 7.65. The van der Waals surface area contributed by atoms with Gasteiger partial charge in [-0.1, -0.05) is 12.2 Å². The van der Waals surface area contributed by atoms with Gasteiger partial charge < -0.3 is 0 Å². The van der Waals surface area contributed by atoms with Crippen molar-refractivity contribution in [2.24, 2.45) is 0 Å². The van der Waals surface area contributed by atoms with Gasteiger partial charge in [-0.05, 0) is 12.5 Å². The molecule has 1 unspecified atom stereocenters. The van der Waals surface area contributed by atoms with E-state index in [9.17, 15) is 8.42 Å². The van der Waals surface area contributed by atoms with Gasteiger partial charge in [0.05, 0.1) is 0 Å². The van der Waals surface area contributed by atoms with Crippen LogP contribution >= 0.6 is 0 Å². The lowest BCUT2D eigenvalue weighted by Gasteiger charge is -2.10. The lowest BCUT2D eigenvalue weighted by atomic mass is 10.2. The van der Waals surface area contributed by atoms with Crippen LogP contribution < -0.4 is 0 Å². The van der Waals surface area contributed by atoms with Crippen LogP contribution in [0.4, 0.5) is 0 Å². The van der Waals surface area contributed by atoms with Crippen LogP contribution in [0.5, 0.6) is 0 Å². The molecule has 11 heavy (non-hydrogen) atoms. The third-order valence-corrected chi connectivity index (χ3v) is 4.15. The molecule has 0 amide bonds. The second kappa shape index (κ2) is 2.11. The molecular weight excluding hydrogens is 162 g/mol. The van der Waals surface area contributed by atoms with Crippen molar-refractivity contribution in [1.29, 1.82) is 0 Å². The van der Waals surface area contributed by atoms with Gasteiger partial charge in [0.25, 0.3) is 0 Å². The molecule has 2 bridgehead atoms.